The lowest BCUT2D eigenvalue weighted by molar-refractivity contribution is -0.132. The Morgan fingerprint density at radius 1 is 1.43 bits per heavy atom. The van der Waals surface area contributed by atoms with E-state index in [9.17, 15) is 4.79 Å². The number of amides is 1. The molecular formula is C16H19N5OS. The Labute approximate surface area is 138 Å². The van der Waals surface area contributed by atoms with E-state index in [1.165, 1.54) is 0 Å². The van der Waals surface area contributed by atoms with Crippen molar-refractivity contribution in [2.24, 2.45) is 0 Å². The highest BCUT2D eigenvalue weighted by molar-refractivity contribution is 7.15. The van der Waals surface area contributed by atoms with Gasteiger partial charge in [0.15, 0.2) is 4.96 Å². The first-order valence-corrected chi connectivity index (χ1v) is 8.76. The molecule has 0 spiro atoms. The van der Waals surface area contributed by atoms with Gasteiger partial charge in [-0.25, -0.2) is 4.98 Å². The minimum atomic E-state index is 0.157. The summed E-state index contributed by atoms with van der Waals surface area (Å²) in [6.45, 7) is 3.61. The average Bonchev–Trinajstić information content (AvgIpc) is 3.23. The molecule has 4 rings (SSSR count). The average molecular weight is 329 g/mol. The van der Waals surface area contributed by atoms with Crippen molar-refractivity contribution in [3.63, 3.8) is 0 Å². The first-order chi connectivity index (χ1) is 11.2. The van der Waals surface area contributed by atoms with E-state index in [2.05, 4.69) is 16.3 Å². The van der Waals surface area contributed by atoms with Crippen LogP contribution in [0.5, 0.6) is 0 Å². The fourth-order valence-electron chi connectivity index (χ4n) is 3.16. The predicted octanol–water partition coefficient (Wildman–Crippen LogP) is 2.31. The minimum absolute atomic E-state index is 0.157. The SMILES string of the molecule is Cc1cnn([C@@H]2CCCN(C(=O)Cc3cn4ccsc4n3)C2)c1. The topological polar surface area (TPSA) is 55.4 Å². The van der Waals surface area contributed by atoms with Crippen molar-refractivity contribution in [2.45, 2.75) is 32.2 Å². The summed E-state index contributed by atoms with van der Waals surface area (Å²) < 4.78 is 3.97. The first-order valence-electron chi connectivity index (χ1n) is 7.88. The lowest BCUT2D eigenvalue weighted by Gasteiger charge is -2.32. The smallest absolute Gasteiger partial charge is 0.228 e. The van der Waals surface area contributed by atoms with Crippen LogP contribution in [-0.4, -0.2) is 43.1 Å². The molecule has 120 valence electrons. The summed E-state index contributed by atoms with van der Waals surface area (Å²) in [5, 5.41) is 6.40. The van der Waals surface area contributed by atoms with Crippen LogP contribution in [0.2, 0.25) is 0 Å². The lowest BCUT2D eigenvalue weighted by atomic mass is 10.1. The van der Waals surface area contributed by atoms with E-state index in [1.54, 1.807) is 11.3 Å². The van der Waals surface area contributed by atoms with Gasteiger partial charge in [-0.1, -0.05) is 0 Å². The summed E-state index contributed by atoms with van der Waals surface area (Å²) in [5.74, 6) is 0.157. The van der Waals surface area contributed by atoms with Crippen LogP contribution < -0.4 is 0 Å². The monoisotopic (exact) mass is 329 g/mol. The number of piperidine rings is 1. The summed E-state index contributed by atoms with van der Waals surface area (Å²) in [4.78, 5) is 20.0. The molecular weight excluding hydrogens is 310 g/mol. The highest BCUT2D eigenvalue weighted by Crippen LogP contribution is 2.22. The van der Waals surface area contributed by atoms with E-state index in [-0.39, 0.29) is 11.9 Å². The summed E-state index contributed by atoms with van der Waals surface area (Å²) in [6.07, 6.45) is 10.3. The molecule has 0 radical (unpaired) electrons. The largest absolute Gasteiger partial charge is 0.340 e. The molecule has 0 unspecified atom stereocenters. The van der Waals surface area contributed by atoms with Crippen molar-refractivity contribution in [1.82, 2.24) is 24.1 Å². The molecule has 1 aliphatic heterocycles. The zero-order chi connectivity index (χ0) is 15.8. The van der Waals surface area contributed by atoms with E-state index in [1.807, 2.05) is 44.9 Å². The number of rotatable bonds is 3. The Balaban J connectivity index is 1.44. The lowest BCUT2D eigenvalue weighted by Crippen LogP contribution is -2.41. The molecule has 0 N–H and O–H groups in total. The van der Waals surface area contributed by atoms with Gasteiger partial charge in [0, 0.05) is 37.1 Å². The minimum Gasteiger partial charge on any atom is -0.340 e. The maximum Gasteiger partial charge on any atom is 0.228 e. The maximum atomic E-state index is 12.6. The Kier molecular flexibility index (Phi) is 3.65. The van der Waals surface area contributed by atoms with Crippen LogP contribution in [0.3, 0.4) is 0 Å². The zero-order valence-electron chi connectivity index (χ0n) is 13.1. The van der Waals surface area contributed by atoms with E-state index in [0.29, 0.717) is 6.42 Å². The number of hydrogen-bond donors (Lipinski definition) is 0. The van der Waals surface area contributed by atoms with Crippen LogP contribution in [0.4, 0.5) is 0 Å². The van der Waals surface area contributed by atoms with Gasteiger partial charge >= 0.3 is 0 Å². The summed E-state index contributed by atoms with van der Waals surface area (Å²) in [7, 11) is 0. The molecule has 1 atom stereocenters. The third kappa shape index (κ3) is 2.88. The maximum absolute atomic E-state index is 12.6. The van der Waals surface area contributed by atoms with Crippen molar-refractivity contribution in [3.8, 4) is 0 Å². The third-order valence-electron chi connectivity index (χ3n) is 4.33. The molecule has 0 aromatic carbocycles. The molecule has 0 aliphatic carbocycles. The Bertz CT molecular complexity index is 804. The fourth-order valence-corrected chi connectivity index (χ4v) is 3.88. The molecule has 6 nitrogen and oxygen atoms in total. The molecule has 0 saturated carbocycles. The van der Waals surface area contributed by atoms with Gasteiger partial charge in [0.2, 0.25) is 5.91 Å². The van der Waals surface area contributed by atoms with Crippen molar-refractivity contribution in [1.29, 1.82) is 0 Å². The highest BCUT2D eigenvalue weighted by Gasteiger charge is 2.25. The molecule has 1 fully saturated rings. The molecule has 3 aromatic rings. The standard InChI is InChI=1S/C16H19N5OS/c1-12-8-17-21(9-12)14-3-2-4-19(11-14)15(22)7-13-10-20-5-6-23-16(20)18-13/h5-6,8-10,14H,2-4,7,11H2,1H3/t14-/m1/s1. The van der Waals surface area contributed by atoms with Gasteiger partial charge in [-0.3, -0.25) is 13.9 Å². The van der Waals surface area contributed by atoms with Gasteiger partial charge in [-0.2, -0.15) is 5.10 Å². The van der Waals surface area contributed by atoms with Gasteiger partial charge in [-0.05, 0) is 25.3 Å². The van der Waals surface area contributed by atoms with Crippen molar-refractivity contribution in [2.75, 3.05) is 13.1 Å². The second kappa shape index (κ2) is 5.81. The van der Waals surface area contributed by atoms with E-state index < -0.39 is 0 Å². The number of imidazole rings is 1. The van der Waals surface area contributed by atoms with Crippen molar-refractivity contribution >= 4 is 22.2 Å². The number of hydrogen-bond acceptors (Lipinski definition) is 4. The van der Waals surface area contributed by atoms with Crippen molar-refractivity contribution < 1.29 is 4.79 Å². The molecule has 1 amide bonds. The number of likely N-dealkylation sites (tertiary alicyclic amines) is 1. The number of fused-ring (bicyclic) bond motifs is 1. The second-order valence-electron chi connectivity index (χ2n) is 6.14. The van der Waals surface area contributed by atoms with Crippen LogP contribution >= 0.6 is 11.3 Å². The van der Waals surface area contributed by atoms with Gasteiger partial charge in [0.1, 0.15) is 0 Å². The number of carbonyl (C=O) groups is 1. The number of carbonyl (C=O) groups excluding carboxylic acids is 1. The van der Waals surface area contributed by atoms with Crippen LogP contribution in [0.1, 0.15) is 30.1 Å². The summed E-state index contributed by atoms with van der Waals surface area (Å²) in [6, 6.07) is 0.284. The molecule has 23 heavy (non-hydrogen) atoms. The normalized spacial score (nSPS) is 18.7. The number of aromatic nitrogens is 4. The van der Waals surface area contributed by atoms with Gasteiger partial charge in [0.05, 0.1) is 24.4 Å². The quantitative estimate of drug-likeness (QED) is 0.741. The highest BCUT2D eigenvalue weighted by atomic mass is 32.1. The summed E-state index contributed by atoms with van der Waals surface area (Å²) >= 11 is 1.59. The molecule has 4 heterocycles. The van der Waals surface area contributed by atoms with Crippen LogP contribution in [0.15, 0.2) is 30.2 Å². The molecule has 0 bridgehead atoms. The number of aryl methyl sites for hydroxylation is 1. The molecule has 7 heteroatoms. The zero-order valence-corrected chi connectivity index (χ0v) is 13.9. The predicted molar refractivity (Wildman–Crippen MR) is 88.6 cm³/mol. The van der Waals surface area contributed by atoms with E-state index >= 15 is 0 Å². The number of thiazole rings is 1. The Morgan fingerprint density at radius 3 is 3.13 bits per heavy atom. The van der Waals surface area contributed by atoms with E-state index in [0.717, 1.165) is 42.1 Å². The van der Waals surface area contributed by atoms with Gasteiger partial charge < -0.3 is 4.90 Å². The molecule has 1 saturated heterocycles. The second-order valence-corrected chi connectivity index (χ2v) is 7.01. The number of nitrogens with zero attached hydrogens (tertiary/aromatic N) is 5. The van der Waals surface area contributed by atoms with Gasteiger partial charge in [0.25, 0.3) is 0 Å². The third-order valence-corrected chi connectivity index (χ3v) is 5.10. The summed E-state index contributed by atoms with van der Waals surface area (Å²) in [5.41, 5.74) is 2.01. The fraction of sp³-hybridized carbons (Fsp3) is 0.438. The van der Waals surface area contributed by atoms with Gasteiger partial charge in [-0.15, -0.1) is 11.3 Å². The van der Waals surface area contributed by atoms with Crippen LogP contribution in [-0.2, 0) is 11.2 Å². The Hall–Kier alpha value is -2.15. The molecule has 1 aliphatic rings. The molecule has 3 aromatic heterocycles. The van der Waals surface area contributed by atoms with E-state index in [4.69, 9.17) is 0 Å². The van der Waals surface area contributed by atoms with Crippen LogP contribution in [0.25, 0.3) is 4.96 Å². The van der Waals surface area contributed by atoms with Crippen molar-refractivity contribution in [3.05, 3.63) is 41.4 Å². The van der Waals surface area contributed by atoms with Crippen LogP contribution in [0, 0.1) is 6.92 Å². The Morgan fingerprint density at radius 2 is 2.35 bits per heavy atom. The first kappa shape index (κ1) is 14.4.